The van der Waals surface area contributed by atoms with Gasteiger partial charge in [-0.25, -0.2) is 12.7 Å². The van der Waals surface area contributed by atoms with Gasteiger partial charge in [-0.15, -0.1) is 0 Å². The number of rotatable bonds is 7. The summed E-state index contributed by atoms with van der Waals surface area (Å²) in [6.07, 6.45) is 0. The van der Waals surface area contributed by atoms with E-state index in [1.807, 2.05) is 0 Å². The second kappa shape index (κ2) is 9.30. The van der Waals surface area contributed by atoms with E-state index in [-0.39, 0.29) is 23.0 Å². The maximum atomic E-state index is 13.3. The van der Waals surface area contributed by atoms with E-state index in [0.29, 0.717) is 14.9 Å². The highest BCUT2D eigenvalue weighted by Gasteiger charge is 2.43. The molecule has 8 nitrogen and oxygen atoms in total. The van der Waals surface area contributed by atoms with Gasteiger partial charge in [0.05, 0.1) is 5.56 Å². The Bertz CT molecular complexity index is 1170. The lowest BCUT2D eigenvalue weighted by Gasteiger charge is -2.30. The van der Waals surface area contributed by atoms with Gasteiger partial charge in [0.1, 0.15) is 17.5 Å². The van der Waals surface area contributed by atoms with Gasteiger partial charge in [0.25, 0.3) is 15.9 Å². The quantitative estimate of drug-likeness (QED) is 0.659. The van der Waals surface area contributed by atoms with Crippen LogP contribution in [0.15, 0.2) is 53.4 Å². The van der Waals surface area contributed by atoms with Crippen molar-refractivity contribution in [3.63, 3.8) is 0 Å². The lowest BCUT2D eigenvalue weighted by molar-refractivity contribution is -0.140. The standard InChI is InChI=1S/C22H24ClN3O5S/c1-14(2)24-21(28)15(3)25(12-16-7-6-8-17(23)11-16)20(27)13-26-22(29)18-9-4-5-10-19(18)32(26,30)31/h4-11,14-15H,12-13H2,1-3H3,(H,24,28)/t15-/m1/s1. The molecule has 1 heterocycles. The Labute approximate surface area is 192 Å². The van der Waals surface area contributed by atoms with Crippen molar-refractivity contribution in [2.24, 2.45) is 0 Å². The Kier molecular flexibility index (Phi) is 6.90. The highest BCUT2D eigenvalue weighted by molar-refractivity contribution is 7.90. The topological polar surface area (TPSA) is 104 Å². The molecule has 0 saturated carbocycles. The van der Waals surface area contributed by atoms with Crippen LogP contribution >= 0.6 is 11.6 Å². The van der Waals surface area contributed by atoms with E-state index >= 15 is 0 Å². The van der Waals surface area contributed by atoms with Gasteiger partial charge >= 0.3 is 0 Å². The molecule has 3 amide bonds. The third kappa shape index (κ3) is 4.78. The monoisotopic (exact) mass is 477 g/mol. The zero-order valence-electron chi connectivity index (χ0n) is 17.9. The molecular formula is C22H24ClN3O5S. The number of sulfonamides is 1. The molecule has 32 heavy (non-hydrogen) atoms. The van der Waals surface area contributed by atoms with Crippen LogP contribution in [0.5, 0.6) is 0 Å². The van der Waals surface area contributed by atoms with Crippen molar-refractivity contribution in [2.45, 2.75) is 44.3 Å². The summed E-state index contributed by atoms with van der Waals surface area (Å²) in [7, 11) is -4.15. The number of carbonyl (C=O) groups excluding carboxylic acids is 3. The fraction of sp³-hybridized carbons (Fsp3) is 0.318. The first-order valence-electron chi connectivity index (χ1n) is 10.0. The van der Waals surface area contributed by atoms with Crippen LogP contribution in [0.25, 0.3) is 0 Å². The number of fused-ring (bicyclic) bond motifs is 1. The summed E-state index contributed by atoms with van der Waals surface area (Å²) >= 11 is 6.05. The summed E-state index contributed by atoms with van der Waals surface area (Å²) in [5.41, 5.74) is 0.682. The van der Waals surface area contributed by atoms with Gasteiger partial charge in [0, 0.05) is 17.6 Å². The fourth-order valence-corrected chi connectivity index (χ4v) is 5.15. The molecule has 0 saturated heterocycles. The Morgan fingerprint density at radius 3 is 2.41 bits per heavy atom. The molecule has 1 aliphatic rings. The molecule has 170 valence electrons. The van der Waals surface area contributed by atoms with Crippen LogP contribution in [0, 0.1) is 0 Å². The van der Waals surface area contributed by atoms with Crippen molar-refractivity contribution < 1.29 is 22.8 Å². The van der Waals surface area contributed by atoms with Crippen LogP contribution in [-0.4, -0.2) is 54.0 Å². The van der Waals surface area contributed by atoms with Crippen molar-refractivity contribution in [2.75, 3.05) is 6.54 Å². The molecule has 1 N–H and O–H groups in total. The summed E-state index contributed by atoms with van der Waals surface area (Å²) < 4.78 is 26.2. The molecule has 0 bridgehead atoms. The predicted octanol–water partition coefficient (Wildman–Crippen LogP) is 2.43. The Morgan fingerprint density at radius 1 is 1.09 bits per heavy atom. The lowest BCUT2D eigenvalue weighted by atomic mass is 10.1. The van der Waals surface area contributed by atoms with Gasteiger partial charge in [-0.05, 0) is 50.6 Å². The first-order valence-corrected chi connectivity index (χ1v) is 11.8. The summed E-state index contributed by atoms with van der Waals surface area (Å²) in [5.74, 6) is -1.84. The third-order valence-corrected chi connectivity index (χ3v) is 7.05. The Morgan fingerprint density at radius 2 is 1.78 bits per heavy atom. The number of carbonyl (C=O) groups is 3. The van der Waals surface area contributed by atoms with Crippen LogP contribution in [0.1, 0.15) is 36.7 Å². The van der Waals surface area contributed by atoms with Gasteiger partial charge in [0.15, 0.2) is 0 Å². The SMILES string of the molecule is CC(C)NC(=O)[C@@H](C)N(Cc1cccc(Cl)c1)C(=O)CN1C(=O)c2ccccc2S1(=O)=O. The van der Waals surface area contributed by atoms with Crippen LogP contribution in [-0.2, 0) is 26.2 Å². The van der Waals surface area contributed by atoms with Crippen LogP contribution in [0.4, 0.5) is 0 Å². The number of halogens is 1. The minimum absolute atomic E-state index is 0.0150. The van der Waals surface area contributed by atoms with E-state index in [0.717, 1.165) is 0 Å². The summed E-state index contributed by atoms with van der Waals surface area (Å²) in [6, 6.07) is 11.5. The largest absolute Gasteiger partial charge is 0.352 e. The van der Waals surface area contributed by atoms with Gasteiger partial charge in [-0.3, -0.25) is 14.4 Å². The third-order valence-electron chi connectivity index (χ3n) is 5.03. The van der Waals surface area contributed by atoms with E-state index in [9.17, 15) is 22.8 Å². The van der Waals surface area contributed by atoms with E-state index in [4.69, 9.17) is 11.6 Å². The molecule has 3 rings (SSSR count). The zero-order chi connectivity index (χ0) is 23.6. The van der Waals surface area contributed by atoms with Crippen LogP contribution < -0.4 is 5.32 Å². The normalized spacial score (nSPS) is 15.4. The lowest BCUT2D eigenvalue weighted by Crippen LogP contribution is -2.52. The summed E-state index contributed by atoms with van der Waals surface area (Å²) in [5, 5.41) is 3.21. The molecule has 10 heteroatoms. The minimum Gasteiger partial charge on any atom is -0.352 e. The van der Waals surface area contributed by atoms with Gasteiger partial charge < -0.3 is 10.2 Å². The molecule has 0 aliphatic carbocycles. The number of hydrogen-bond donors (Lipinski definition) is 1. The molecule has 0 fully saturated rings. The van der Waals surface area contributed by atoms with Crippen LogP contribution in [0.3, 0.4) is 0 Å². The first kappa shape index (κ1) is 23.7. The number of amides is 3. The maximum Gasteiger partial charge on any atom is 0.269 e. The molecule has 0 aromatic heterocycles. The van der Waals surface area contributed by atoms with E-state index in [1.165, 1.54) is 23.1 Å². The molecule has 2 aromatic rings. The van der Waals surface area contributed by atoms with Crippen molar-refractivity contribution in [1.29, 1.82) is 0 Å². The maximum absolute atomic E-state index is 13.3. The highest BCUT2D eigenvalue weighted by Crippen LogP contribution is 2.30. The predicted molar refractivity (Wildman–Crippen MR) is 119 cm³/mol. The highest BCUT2D eigenvalue weighted by atomic mass is 35.5. The second-order valence-electron chi connectivity index (χ2n) is 7.80. The van der Waals surface area contributed by atoms with Crippen molar-refractivity contribution in [3.05, 3.63) is 64.7 Å². The molecule has 0 spiro atoms. The van der Waals surface area contributed by atoms with Gasteiger partial charge in [-0.1, -0.05) is 35.9 Å². The molecule has 2 aromatic carbocycles. The van der Waals surface area contributed by atoms with Gasteiger partial charge in [-0.2, -0.15) is 0 Å². The first-order chi connectivity index (χ1) is 15.0. The number of nitrogens with one attached hydrogen (secondary N) is 1. The molecule has 1 aliphatic heterocycles. The van der Waals surface area contributed by atoms with Crippen molar-refractivity contribution >= 4 is 39.3 Å². The number of hydrogen-bond acceptors (Lipinski definition) is 5. The molecule has 1 atom stereocenters. The summed E-state index contributed by atoms with van der Waals surface area (Å²) in [6.45, 7) is 4.44. The van der Waals surface area contributed by atoms with Crippen molar-refractivity contribution in [3.8, 4) is 0 Å². The second-order valence-corrected chi connectivity index (χ2v) is 10.1. The zero-order valence-corrected chi connectivity index (χ0v) is 19.5. The van der Waals surface area contributed by atoms with Gasteiger partial charge in [0.2, 0.25) is 11.8 Å². The van der Waals surface area contributed by atoms with E-state index in [1.54, 1.807) is 51.1 Å². The minimum atomic E-state index is -4.15. The number of benzene rings is 2. The fourth-order valence-electron chi connectivity index (χ4n) is 3.42. The number of nitrogens with zero attached hydrogens (tertiary/aromatic N) is 2. The molecule has 0 radical (unpaired) electrons. The summed E-state index contributed by atoms with van der Waals surface area (Å²) in [4.78, 5) is 39.7. The molecule has 0 unspecified atom stereocenters. The Hall–Kier alpha value is -2.91. The Balaban J connectivity index is 1.90. The molecular weight excluding hydrogens is 454 g/mol. The smallest absolute Gasteiger partial charge is 0.269 e. The average Bonchev–Trinajstić information content (AvgIpc) is 2.92. The van der Waals surface area contributed by atoms with E-state index < -0.39 is 40.3 Å². The average molecular weight is 478 g/mol. The van der Waals surface area contributed by atoms with Crippen molar-refractivity contribution in [1.82, 2.24) is 14.5 Å². The van der Waals surface area contributed by atoms with Crippen LogP contribution in [0.2, 0.25) is 5.02 Å². The van der Waals surface area contributed by atoms with E-state index in [2.05, 4.69) is 5.32 Å².